The molecule has 1 amide bonds. The second-order valence-electron chi connectivity index (χ2n) is 4.56. The van der Waals surface area contributed by atoms with Gasteiger partial charge < -0.3 is 5.32 Å². The topological polar surface area (TPSA) is 65.8 Å². The van der Waals surface area contributed by atoms with Gasteiger partial charge in [-0.25, -0.2) is 4.98 Å². The quantitative estimate of drug-likeness (QED) is 0.927. The van der Waals surface area contributed by atoms with Gasteiger partial charge in [0.2, 0.25) is 0 Å². The Hall–Kier alpha value is -2.67. The molecule has 0 saturated heterocycles. The summed E-state index contributed by atoms with van der Waals surface area (Å²) in [5.74, 6) is -0.344. The molecule has 4 nitrogen and oxygen atoms in total. The van der Waals surface area contributed by atoms with E-state index in [9.17, 15) is 10.1 Å². The van der Waals surface area contributed by atoms with Crippen LogP contribution in [0.4, 0.5) is 0 Å². The van der Waals surface area contributed by atoms with E-state index in [1.165, 1.54) is 0 Å². The molecular weight excluding hydrogens is 250 g/mol. The summed E-state index contributed by atoms with van der Waals surface area (Å²) in [6, 6.07) is 14.2. The van der Waals surface area contributed by atoms with E-state index in [0.717, 1.165) is 16.8 Å². The molecule has 0 spiro atoms. The van der Waals surface area contributed by atoms with Crippen molar-refractivity contribution in [2.75, 3.05) is 0 Å². The van der Waals surface area contributed by atoms with Gasteiger partial charge >= 0.3 is 0 Å². The maximum atomic E-state index is 12.1. The lowest BCUT2D eigenvalue weighted by atomic mass is 10.0. The Bertz CT molecular complexity index is 673. The summed E-state index contributed by atoms with van der Waals surface area (Å²) in [6.45, 7) is 3.73. The van der Waals surface area contributed by atoms with Crippen molar-refractivity contribution in [1.29, 1.82) is 5.26 Å². The van der Waals surface area contributed by atoms with E-state index in [1.54, 1.807) is 12.1 Å². The van der Waals surface area contributed by atoms with E-state index in [0.29, 0.717) is 5.69 Å². The molecule has 0 saturated carbocycles. The number of nitrogens with zero attached hydrogens (tertiary/aromatic N) is 2. The van der Waals surface area contributed by atoms with E-state index < -0.39 is 6.04 Å². The fraction of sp³-hybridized carbons (Fsp3) is 0.188. The summed E-state index contributed by atoms with van der Waals surface area (Å²) >= 11 is 0. The van der Waals surface area contributed by atoms with Gasteiger partial charge in [0.15, 0.2) is 0 Å². The van der Waals surface area contributed by atoms with Crippen LogP contribution in [0.15, 0.2) is 42.5 Å². The number of benzene rings is 1. The van der Waals surface area contributed by atoms with Crippen LogP contribution in [-0.4, -0.2) is 10.9 Å². The summed E-state index contributed by atoms with van der Waals surface area (Å²) in [7, 11) is 0. The fourth-order valence-corrected chi connectivity index (χ4v) is 1.96. The zero-order valence-corrected chi connectivity index (χ0v) is 11.4. The molecule has 1 atom stereocenters. The first kappa shape index (κ1) is 13.8. The molecule has 0 aliphatic heterocycles. The number of pyridine rings is 1. The highest BCUT2D eigenvalue weighted by atomic mass is 16.1. The first-order valence-corrected chi connectivity index (χ1v) is 6.31. The van der Waals surface area contributed by atoms with Gasteiger partial charge in [-0.1, -0.05) is 30.3 Å². The van der Waals surface area contributed by atoms with Crippen molar-refractivity contribution in [3.63, 3.8) is 0 Å². The van der Waals surface area contributed by atoms with Crippen LogP contribution < -0.4 is 5.32 Å². The van der Waals surface area contributed by atoms with Gasteiger partial charge in [0, 0.05) is 5.69 Å². The monoisotopic (exact) mass is 265 g/mol. The third-order valence-electron chi connectivity index (χ3n) is 3.02. The summed E-state index contributed by atoms with van der Waals surface area (Å²) < 4.78 is 0. The van der Waals surface area contributed by atoms with Crippen molar-refractivity contribution in [3.05, 3.63) is 65.0 Å². The zero-order chi connectivity index (χ0) is 14.5. The molecular formula is C16H15N3O. The Morgan fingerprint density at radius 2 is 1.95 bits per heavy atom. The highest BCUT2D eigenvalue weighted by Crippen LogP contribution is 2.17. The molecule has 0 unspecified atom stereocenters. The number of aromatic nitrogens is 1. The first-order chi connectivity index (χ1) is 9.61. The van der Waals surface area contributed by atoms with Crippen LogP contribution in [0, 0.1) is 25.2 Å². The van der Waals surface area contributed by atoms with Crippen molar-refractivity contribution in [2.24, 2.45) is 0 Å². The number of carbonyl (C=O) groups excluding carboxylic acids is 1. The number of hydrogen-bond donors (Lipinski definition) is 1. The number of nitriles is 1. The molecule has 1 N–H and O–H groups in total. The van der Waals surface area contributed by atoms with Gasteiger partial charge in [-0.15, -0.1) is 0 Å². The Balaban J connectivity index is 2.22. The summed E-state index contributed by atoms with van der Waals surface area (Å²) in [6.07, 6.45) is 0. The highest BCUT2D eigenvalue weighted by Gasteiger charge is 2.17. The molecule has 2 rings (SSSR count). The summed E-state index contributed by atoms with van der Waals surface area (Å²) in [4.78, 5) is 16.3. The Labute approximate surface area is 118 Å². The van der Waals surface area contributed by atoms with Crippen LogP contribution in [0.1, 0.15) is 33.4 Å². The largest absolute Gasteiger partial charge is 0.331 e. The molecule has 0 bridgehead atoms. The molecule has 4 heteroatoms. The molecule has 1 aromatic carbocycles. The molecule has 0 radical (unpaired) electrons. The molecule has 20 heavy (non-hydrogen) atoms. The smallest absolute Gasteiger partial charge is 0.271 e. The van der Waals surface area contributed by atoms with Gasteiger partial charge in [-0.2, -0.15) is 5.26 Å². The fourth-order valence-electron chi connectivity index (χ4n) is 1.96. The van der Waals surface area contributed by atoms with Crippen LogP contribution in [0.25, 0.3) is 0 Å². The van der Waals surface area contributed by atoms with Crippen molar-refractivity contribution in [3.8, 4) is 6.07 Å². The lowest BCUT2D eigenvalue weighted by Crippen LogP contribution is -2.28. The average molecular weight is 265 g/mol. The molecule has 1 aromatic heterocycles. The number of aryl methyl sites for hydroxylation is 2. The summed E-state index contributed by atoms with van der Waals surface area (Å²) in [5, 5.41) is 12.0. The van der Waals surface area contributed by atoms with E-state index in [1.807, 2.05) is 44.2 Å². The lowest BCUT2D eigenvalue weighted by molar-refractivity contribution is 0.0940. The molecule has 1 heterocycles. The minimum Gasteiger partial charge on any atom is -0.331 e. The second-order valence-corrected chi connectivity index (χ2v) is 4.56. The maximum Gasteiger partial charge on any atom is 0.271 e. The molecule has 100 valence electrons. The number of amides is 1. The lowest BCUT2D eigenvalue weighted by Gasteiger charge is -2.14. The van der Waals surface area contributed by atoms with Crippen LogP contribution in [0.5, 0.6) is 0 Å². The SMILES string of the molecule is Cc1cccc(C(=O)N[C@H](C#N)c2ccccc2C)n1. The molecule has 0 aliphatic carbocycles. The van der Waals surface area contributed by atoms with Crippen molar-refractivity contribution in [2.45, 2.75) is 19.9 Å². The molecule has 0 fully saturated rings. The molecule has 2 aromatic rings. The van der Waals surface area contributed by atoms with Crippen LogP contribution in [-0.2, 0) is 0 Å². The minimum atomic E-state index is -0.675. The van der Waals surface area contributed by atoms with E-state index in [2.05, 4.69) is 16.4 Å². The standard InChI is InChI=1S/C16H15N3O/c1-11-6-3-4-8-13(11)15(10-17)19-16(20)14-9-5-7-12(2)18-14/h3-9,15H,1-2H3,(H,19,20)/t15-/m1/s1. The van der Waals surface area contributed by atoms with Crippen molar-refractivity contribution >= 4 is 5.91 Å². The number of hydrogen-bond acceptors (Lipinski definition) is 3. The van der Waals surface area contributed by atoms with Crippen molar-refractivity contribution < 1.29 is 4.79 Å². The maximum absolute atomic E-state index is 12.1. The van der Waals surface area contributed by atoms with Gasteiger partial charge in [0.25, 0.3) is 5.91 Å². The first-order valence-electron chi connectivity index (χ1n) is 6.31. The van der Waals surface area contributed by atoms with Gasteiger partial charge in [-0.3, -0.25) is 4.79 Å². The number of carbonyl (C=O) groups is 1. The normalized spacial score (nSPS) is 11.4. The Morgan fingerprint density at radius 1 is 1.20 bits per heavy atom. The van der Waals surface area contributed by atoms with E-state index >= 15 is 0 Å². The van der Waals surface area contributed by atoms with Gasteiger partial charge in [-0.05, 0) is 37.1 Å². The van der Waals surface area contributed by atoms with E-state index in [-0.39, 0.29) is 5.91 Å². The average Bonchev–Trinajstić information content (AvgIpc) is 2.45. The predicted octanol–water partition coefficient (Wildman–Crippen LogP) is 2.69. The zero-order valence-electron chi connectivity index (χ0n) is 11.4. The predicted molar refractivity (Wildman–Crippen MR) is 76.0 cm³/mol. The second kappa shape index (κ2) is 5.98. The third kappa shape index (κ3) is 3.01. The Kier molecular flexibility index (Phi) is 4.11. The highest BCUT2D eigenvalue weighted by molar-refractivity contribution is 5.92. The molecule has 0 aliphatic rings. The van der Waals surface area contributed by atoms with Crippen LogP contribution >= 0.6 is 0 Å². The number of nitrogens with one attached hydrogen (secondary N) is 1. The third-order valence-corrected chi connectivity index (χ3v) is 3.02. The van der Waals surface area contributed by atoms with Crippen molar-refractivity contribution in [1.82, 2.24) is 10.3 Å². The van der Waals surface area contributed by atoms with Gasteiger partial charge in [0.1, 0.15) is 11.7 Å². The van der Waals surface area contributed by atoms with Gasteiger partial charge in [0.05, 0.1) is 6.07 Å². The van der Waals surface area contributed by atoms with Crippen LogP contribution in [0.3, 0.4) is 0 Å². The minimum absolute atomic E-state index is 0.318. The number of rotatable bonds is 3. The Morgan fingerprint density at radius 3 is 2.60 bits per heavy atom. The van der Waals surface area contributed by atoms with E-state index in [4.69, 9.17) is 0 Å². The van der Waals surface area contributed by atoms with Crippen LogP contribution in [0.2, 0.25) is 0 Å². The summed E-state index contributed by atoms with van der Waals surface area (Å²) in [5.41, 5.74) is 2.86.